The van der Waals surface area contributed by atoms with E-state index >= 15 is 0 Å². The lowest BCUT2D eigenvalue weighted by atomic mass is 10.1. The predicted molar refractivity (Wildman–Crippen MR) is 76.8 cm³/mol. The van der Waals surface area contributed by atoms with E-state index in [1.165, 1.54) is 0 Å². The van der Waals surface area contributed by atoms with Crippen LogP contribution in [0.4, 0.5) is 10.5 Å². The summed E-state index contributed by atoms with van der Waals surface area (Å²) in [6.45, 7) is 3.70. The fraction of sp³-hybridized carbons (Fsp3) is 0.467. The number of aryl methyl sites for hydroxylation is 1. The highest BCUT2D eigenvalue weighted by Gasteiger charge is 2.23. The molecule has 0 spiro atoms. The maximum atomic E-state index is 12.1. The Hall–Kier alpha value is -2.04. The molecule has 0 aliphatic carbocycles. The molecule has 2 amide bonds. The minimum atomic E-state index is -0.834. The standard InChI is InChI=1S/C15H20N2O3/c1-11-8-9-17(10-11)15(20)16-13-5-3-2-4-12(13)6-7-14(18)19/h2-5,11H,6-10H2,1H3,(H,16,20)(H,18,19). The van der Waals surface area contributed by atoms with Gasteiger partial charge in [-0.1, -0.05) is 25.1 Å². The number of nitrogens with one attached hydrogen (secondary N) is 1. The Morgan fingerprint density at radius 1 is 1.40 bits per heavy atom. The summed E-state index contributed by atoms with van der Waals surface area (Å²) < 4.78 is 0. The lowest BCUT2D eigenvalue weighted by Gasteiger charge is -2.18. The molecule has 1 atom stereocenters. The molecule has 0 radical (unpaired) electrons. The van der Waals surface area contributed by atoms with Crippen molar-refractivity contribution in [2.75, 3.05) is 18.4 Å². The molecule has 1 fully saturated rings. The van der Waals surface area contributed by atoms with Crippen LogP contribution in [0.5, 0.6) is 0 Å². The third kappa shape index (κ3) is 3.73. The Morgan fingerprint density at radius 3 is 2.80 bits per heavy atom. The quantitative estimate of drug-likeness (QED) is 0.888. The summed E-state index contributed by atoms with van der Waals surface area (Å²) in [6, 6.07) is 7.26. The molecule has 1 unspecified atom stereocenters. The monoisotopic (exact) mass is 276 g/mol. The number of carbonyl (C=O) groups excluding carboxylic acids is 1. The number of para-hydroxylation sites is 1. The summed E-state index contributed by atoms with van der Waals surface area (Å²) in [4.78, 5) is 24.6. The lowest BCUT2D eigenvalue weighted by Crippen LogP contribution is -2.33. The van der Waals surface area contributed by atoms with E-state index in [0.29, 0.717) is 18.0 Å². The van der Waals surface area contributed by atoms with Gasteiger partial charge in [-0.25, -0.2) is 4.79 Å². The Labute approximate surface area is 118 Å². The van der Waals surface area contributed by atoms with Gasteiger partial charge in [0.1, 0.15) is 0 Å². The van der Waals surface area contributed by atoms with E-state index in [9.17, 15) is 9.59 Å². The highest BCUT2D eigenvalue weighted by atomic mass is 16.4. The number of urea groups is 1. The molecule has 20 heavy (non-hydrogen) atoms. The summed E-state index contributed by atoms with van der Waals surface area (Å²) in [6.07, 6.45) is 1.52. The van der Waals surface area contributed by atoms with Gasteiger partial charge in [-0.05, 0) is 30.4 Å². The number of carboxylic acid groups (broad SMARTS) is 1. The number of carbonyl (C=O) groups is 2. The number of aliphatic carboxylic acids is 1. The van der Waals surface area contributed by atoms with Crippen molar-refractivity contribution in [3.8, 4) is 0 Å². The molecule has 1 aliphatic rings. The number of likely N-dealkylation sites (tertiary alicyclic amines) is 1. The number of hydrogen-bond donors (Lipinski definition) is 2. The zero-order valence-corrected chi connectivity index (χ0v) is 11.6. The number of nitrogens with zero attached hydrogens (tertiary/aromatic N) is 1. The van der Waals surface area contributed by atoms with Gasteiger partial charge in [-0.15, -0.1) is 0 Å². The van der Waals surface area contributed by atoms with Gasteiger partial charge in [-0.3, -0.25) is 4.79 Å². The average molecular weight is 276 g/mol. The molecule has 5 heteroatoms. The van der Waals surface area contributed by atoms with Crippen molar-refractivity contribution in [3.05, 3.63) is 29.8 Å². The smallest absolute Gasteiger partial charge is 0.321 e. The van der Waals surface area contributed by atoms with Gasteiger partial charge >= 0.3 is 12.0 Å². The third-order valence-corrected chi connectivity index (χ3v) is 3.58. The molecule has 1 saturated heterocycles. The largest absolute Gasteiger partial charge is 0.481 e. The molecule has 1 aliphatic heterocycles. The summed E-state index contributed by atoms with van der Waals surface area (Å²) in [5, 5.41) is 11.6. The second kappa shape index (κ2) is 6.41. The fourth-order valence-electron chi connectivity index (χ4n) is 2.42. The Kier molecular flexibility index (Phi) is 4.61. The first-order chi connectivity index (χ1) is 9.56. The maximum absolute atomic E-state index is 12.1. The first-order valence-electron chi connectivity index (χ1n) is 6.92. The van der Waals surface area contributed by atoms with Crippen LogP contribution in [0.3, 0.4) is 0 Å². The first kappa shape index (κ1) is 14.4. The SMILES string of the molecule is CC1CCN(C(=O)Nc2ccccc2CCC(=O)O)C1. The second-order valence-electron chi connectivity index (χ2n) is 5.32. The molecule has 1 aromatic carbocycles. The van der Waals surface area contributed by atoms with Crippen LogP contribution >= 0.6 is 0 Å². The van der Waals surface area contributed by atoms with Crippen molar-refractivity contribution in [1.82, 2.24) is 4.90 Å². The van der Waals surface area contributed by atoms with Crippen LogP contribution in [-0.2, 0) is 11.2 Å². The number of rotatable bonds is 4. The third-order valence-electron chi connectivity index (χ3n) is 3.58. The molecule has 2 N–H and O–H groups in total. The molecule has 1 heterocycles. The Balaban J connectivity index is 2.01. The number of carboxylic acids is 1. The van der Waals surface area contributed by atoms with Gasteiger partial charge in [0, 0.05) is 25.2 Å². The Morgan fingerprint density at radius 2 is 2.15 bits per heavy atom. The van der Waals surface area contributed by atoms with Crippen LogP contribution in [0.2, 0.25) is 0 Å². The zero-order valence-electron chi connectivity index (χ0n) is 11.6. The van der Waals surface area contributed by atoms with Gasteiger partial charge in [0.25, 0.3) is 0 Å². The fourth-order valence-corrected chi connectivity index (χ4v) is 2.42. The van der Waals surface area contributed by atoms with Gasteiger partial charge in [0.05, 0.1) is 0 Å². The highest BCUT2D eigenvalue weighted by molar-refractivity contribution is 5.90. The molecule has 2 rings (SSSR count). The van der Waals surface area contributed by atoms with E-state index in [2.05, 4.69) is 12.2 Å². The number of hydrogen-bond acceptors (Lipinski definition) is 2. The van der Waals surface area contributed by atoms with E-state index in [4.69, 9.17) is 5.11 Å². The van der Waals surface area contributed by atoms with Gasteiger partial charge in [0.2, 0.25) is 0 Å². The van der Waals surface area contributed by atoms with E-state index in [1.807, 2.05) is 24.3 Å². The highest BCUT2D eigenvalue weighted by Crippen LogP contribution is 2.20. The number of anilines is 1. The topological polar surface area (TPSA) is 69.6 Å². The molecule has 0 aromatic heterocycles. The van der Waals surface area contributed by atoms with Crippen LogP contribution in [0.1, 0.15) is 25.3 Å². The summed E-state index contributed by atoms with van der Waals surface area (Å²) in [7, 11) is 0. The van der Waals surface area contributed by atoms with Crippen LogP contribution in [0.25, 0.3) is 0 Å². The normalized spacial score (nSPS) is 18.1. The minimum Gasteiger partial charge on any atom is -0.481 e. The van der Waals surface area contributed by atoms with Crippen molar-refractivity contribution in [2.24, 2.45) is 5.92 Å². The lowest BCUT2D eigenvalue weighted by molar-refractivity contribution is -0.136. The first-order valence-corrected chi connectivity index (χ1v) is 6.92. The summed E-state index contributed by atoms with van der Waals surface area (Å²) in [5.74, 6) is -0.289. The molecule has 5 nitrogen and oxygen atoms in total. The molecule has 108 valence electrons. The minimum absolute atomic E-state index is 0.0631. The number of amides is 2. The molecular weight excluding hydrogens is 256 g/mol. The van der Waals surface area contributed by atoms with Gasteiger partial charge < -0.3 is 15.3 Å². The molecule has 0 saturated carbocycles. The van der Waals surface area contributed by atoms with Crippen molar-refractivity contribution in [1.29, 1.82) is 0 Å². The van der Waals surface area contributed by atoms with Crippen molar-refractivity contribution in [3.63, 3.8) is 0 Å². The average Bonchev–Trinajstić information content (AvgIpc) is 2.84. The van der Waals surface area contributed by atoms with E-state index in [-0.39, 0.29) is 12.5 Å². The van der Waals surface area contributed by atoms with Crippen LogP contribution in [0, 0.1) is 5.92 Å². The van der Waals surface area contributed by atoms with E-state index in [0.717, 1.165) is 25.1 Å². The Bertz CT molecular complexity index is 502. The number of benzene rings is 1. The molecule has 0 bridgehead atoms. The molecular formula is C15H20N2O3. The van der Waals surface area contributed by atoms with Gasteiger partial charge in [0.15, 0.2) is 0 Å². The van der Waals surface area contributed by atoms with Crippen molar-refractivity contribution >= 4 is 17.7 Å². The predicted octanol–water partition coefficient (Wildman–Crippen LogP) is 2.58. The van der Waals surface area contributed by atoms with Crippen molar-refractivity contribution in [2.45, 2.75) is 26.2 Å². The van der Waals surface area contributed by atoms with Crippen LogP contribution in [-0.4, -0.2) is 35.1 Å². The van der Waals surface area contributed by atoms with Crippen LogP contribution < -0.4 is 5.32 Å². The maximum Gasteiger partial charge on any atom is 0.321 e. The van der Waals surface area contributed by atoms with E-state index < -0.39 is 5.97 Å². The van der Waals surface area contributed by atoms with E-state index in [1.54, 1.807) is 4.90 Å². The zero-order chi connectivity index (χ0) is 14.5. The molecule has 1 aromatic rings. The van der Waals surface area contributed by atoms with Gasteiger partial charge in [-0.2, -0.15) is 0 Å². The van der Waals surface area contributed by atoms with Crippen molar-refractivity contribution < 1.29 is 14.7 Å². The summed E-state index contributed by atoms with van der Waals surface area (Å²) >= 11 is 0. The van der Waals surface area contributed by atoms with Crippen LogP contribution in [0.15, 0.2) is 24.3 Å². The summed E-state index contributed by atoms with van der Waals surface area (Å²) in [5.41, 5.74) is 1.56. The second-order valence-corrected chi connectivity index (χ2v) is 5.32.